The van der Waals surface area contributed by atoms with Crippen LogP contribution in [0, 0.1) is 0 Å². The molecule has 1 fully saturated rings. The normalized spacial score (nSPS) is 15.2. The first-order valence-electron chi connectivity index (χ1n) is 5.74. The molecule has 0 aliphatic heterocycles. The minimum absolute atomic E-state index is 0.233. The summed E-state index contributed by atoms with van der Waals surface area (Å²) in [4.78, 5) is 33.1. The SMILES string of the molecule is C1CCCC1.OP(O)OCCCCOP(O)O. The van der Waals surface area contributed by atoms with E-state index in [2.05, 4.69) is 9.05 Å². The van der Waals surface area contributed by atoms with Crippen LogP contribution < -0.4 is 0 Å². The highest BCUT2D eigenvalue weighted by Gasteiger charge is 2.00. The van der Waals surface area contributed by atoms with Crippen LogP contribution in [0.1, 0.15) is 44.9 Å². The molecular weight excluding hydrogens is 266 g/mol. The summed E-state index contributed by atoms with van der Waals surface area (Å²) in [5.41, 5.74) is 0. The Bertz CT molecular complexity index is 135. The Balaban J connectivity index is 0.000000419. The summed E-state index contributed by atoms with van der Waals surface area (Å²) in [5.74, 6) is 0. The molecule has 104 valence electrons. The molecule has 0 bridgehead atoms. The van der Waals surface area contributed by atoms with Crippen LogP contribution in [0.4, 0.5) is 0 Å². The molecule has 0 heterocycles. The number of hydrogen-bond donors (Lipinski definition) is 4. The van der Waals surface area contributed by atoms with Crippen molar-refractivity contribution in [2.45, 2.75) is 44.9 Å². The van der Waals surface area contributed by atoms with E-state index in [4.69, 9.17) is 19.6 Å². The predicted octanol–water partition coefficient (Wildman–Crippen LogP) is 2.17. The molecule has 0 amide bonds. The second-order valence-corrected chi connectivity index (χ2v) is 5.17. The number of unbranched alkanes of at least 4 members (excludes halogenated alkanes) is 1. The molecule has 0 aromatic rings. The number of hydrogen-bond acceptors (Lipinski definition) is 6. The van der Waals surface area contributed by atoms with E-state index in [0.29, 0.717) is 12.8 Å². The van der Waals surface area contributed by atoms with Crippen molar-refractivity contribution in [3.8, 4) is 0 Å². The third-order valence-corrected chi connectivity index (χ3v) is 3.03. The largest absolute Gasteiger partial charge is 0.328 e. The standard InChI is InChI=1S/C5H10.C4H12O6P2/c1-2-4-5-3-1;5-11(6)9-3-1-2-4-10-12(7)8/h1-5H2;5-8H,1-4H2. The maximum absolute atomic E-state index is 8.29. The Hall–Kier alpha value is 0.620. The lowest BCUT2D eigenvalue weighted by molar-refractivity contribution is 0.220. The smallest absolute Gasteiger partial charge is 0.327 e. The predicted molar refractivity (Wildman–Crippen MR) is 66.9 cm³/mol. The summed E-state index contributed by atoms with van der Waals surface area (Å²) < 4.78 is 8.90. The molecule has 1 saturated carbocycles. The van der Waals surface area contributed by atoms with Crippen molar-refractivity contribution in [2.24, 2.45) is 0 Å². The Morgan fingerprint density at radius 3 is 1.18 bits per heavy atom. The van der Waals surface area contributed by atoms with E-state index in [1.54, 1.807) is 0 Å². The maximum atomic E-state index is 8.29. The van der Waals surface area contributed by atoms with Gasteiger partial charge in [0.1, 0.15) is 0 Å². The molecule has 6 nitrogen and oxygen atoms in total. The fraction of sp³-hybridized carbons (Fsp3) is 1.00. The van der Waals surface area contributed by atoms with Gasteiger partial charge in [0, 0.05) is 0 Å². The zero-order chi connectivity index (χ0) is 12.9. The van der Waals surface area contributed by atoms with Crippen molar-refractivity contribution in [3.63, 3.8) is 0 Å². The van der Waals surface area contributed by atoms with Crippen LogP contribution >= 0.6 is 17.2 Å². The summed E-state index contributed by atoms with van der Waals surface area (Å²) in [6, 6.07) is 0. The molecule has 17 heavy (non-hydrogen) atoms. The summed E-state index contributed by atoms with van der Waals surface area (Å²) in [5, 5.41) is 0. The highest BCUT2D eigenvalue weighted by atomic mass is 31.2. The topological polar surface area (TPSA) is 99.4 Å². The zero-order valence-corrected chi connectivity index (χ0v) is 11.7. The minimum atomic E-state index is -2.27. The van der Waals surface area contributed by atoms with Crippen LogP contribution in [0.2, 0.25) is 0 Å². The monoisotopic (exact) mass is 288 g/mol. The van der Waals surface area contributed by atoms with Crippen LogP contribution in [-0.2, 0) is 9.05 Å². The molecule has 0 radical (unpaired) electrons. The molecule has 0 spiro atoms. The maximum Gasteiger partial charge on any atom is 0.327 e. The molecule has 8 heteroatoms. The molecule has 1 aliphatic rings. The van der Waals surface area contributed by atoms with Crippen molar-refractivity contribution in [2.75, 3.05) is 13.2 Å². The van der Waals surface area contributed by atoms with E-state index >= 15 is 0 Å². The lowest BCUT2D eigenvalue weighted by Crippen LogP contribution is -1.94. The second-order valence-electron chi connectivity index (χ2n) is 3.65. The van der Waals surface area contributed by atoms with Gasteiger partial charge in [0.05, 0.1) is 13.2 Å². The van der Waals surface area contributed by atoms with E-state index in [1.807, 2.05) is 0 Å². The van der Waals surface area contributed by atoms with Gasteiger partial charge >= 0.3 is 17.2 Å². The van der Waals surface area contributed by atoms with Gasteiger partial charge in [0.2, 0.25) is 0 Å². The van der Waals surface area contributed by atoms with E-state index in [9.17, 15) is 0 Å². The summed E-state index contributed by atoms with van der Waals surface area (Å²) >= 11 is 0. The van der Waals surface area contributed by atoms with Crippen LogP contribution in [0.5, 0.6) is 0 Å². The highest BCUT2D eigenvalue weighted by molar-refractivity contribution is 7.39. The lowest BCUT2D eigenvalue weighted by Gasteiger charge is -2.04. The zero-order valence-electron chi connectivity index (χ0n) is 9.86. The first-order valence-corrected chi connectivity index (χ1v) is 8.07. The Morgan fingerprint density at radius 2 is 0.941 bits per heavy atom. The molecule has 0 saturated heterocycles. The molecule has 0 unspecified atom stereocenters. The van der Waals surface area contributed by atoms with Crippen molar-refractivity contribution in [1.29, 1.82) is 0 Å². The Labute approximate surface area is 105 Å². The lowest BCUT2D eigenvalue weighted by atomic mass is 10.3. The average Bonchev–Trinajstić information content (AvgIpc) is 2.80. The van der Waals surface area contributed by atoms with E-state index in [1.165, 1.54) is 32.1 Å². The van der Waals surface area contributed by atoms with Gasteiger partial charge in [-0.05, 0) is 12.8 Å². The molecule has 0 aromatic carbocycles. The highest BCUT2D eigenvalue weighted by Crippen LogP contribution is 2.26. The molecule has 1 aliphatic carbocycles. The van der Waals surface area contributed by atoms with Crippen molar-refractivity contribution in [1.82, 2.24) is 0 Å². The van der Waals surface area contributed by atoms with Crippen LogP contribution in [0.3, 0.4) is 0 Å². The molecule has 0 aromatic heterocycles. The van der Waals surface area contributed by atoms with Crippen LogP contribution in [-0.4, -0.2) is 32.8 Å². The van der Waals surface area contributed by atoms with Gasteiger partial charge in [0.15, 0.2) is 0 Å². The van der Waals surface area contributed by atoms with Gasteiger partial charge in [-0.25, -0.2) is 0 Å². The summed E-state index contributed by atoms with van der Waals surface area (Å²) in [6.07, 6.45) is 8.67. The van der Waals surface area contributed by atoms with Gasteiger partial charge < -0.3 is 28.6 Å². The van der Waals surface area contributed by atoms with Gasteiger partial charge in [-0.2, -0.15) is 0 Å². The van der Waals surface area contributed by atoms with E-state index in [-0.39, 0.29) is 13.2 Å². The first-order chi connectivity index (χ1) is 8.13. The third kappa shape index (κ3) is 16.6. The third-order valence-electron chi connectivity index (χ3n) is 2.20. The molecule has 4 N–H and O–H groups in total. The minimum Gasteiger partial charge on any atom is -0.328 e. The quantitative estimate of drug-likeness (QED) is 0.423. The number of rotatable bonds is 7. The van der Waals surface area contributed by atoms with Crippen molar-refractivity contribution < 1.29 is 28.6 Å². The van der Waals surface area contributed by atoms with Gasteiger partial charge in [-0.1, -0.05) is 32.1 Å². The van der Waals surface area contributed by atoms with Gasteiger partial charge in [-0.3, -0.25) is 0 Å². The Morgan fingerprint density at radius 1 is 0.647 bits per heavy atom. The van der Waals surface area contributed by atoms with E-state index < -0.39 is 17.2 Å². The van der Waals surface area contributed by atoms with Crippen molar-refractivity contribution in [3.05, 3.63) is 0 Å². The second kappa shape index (κ2) is 13.1. The fourth-order valence-electron chi connectivity index (χ4n) is 1.38. The van der Waals surface area contributed by atoms with Crippen molar-refractivity contribution >= 4 is 17.2 Å². The fourth-order valence-corrected chi connectivity index (χ4v) is 1.97. The van der Waals surface area contributed by atoms with E-state index in [0.717, 1.165) is 0 Å². The summed E-state index contributed by atoms with van der Waals surface area (Å²) in [7, 11) is -4.54. The van der Waals surface area contributed by atoms with Crippen LogP contribution in [0.25, 0.3) is 0 Å². The molecule has 1 rings (SSSR count). The Kier molecular flexibility index (Phi) is 13.5. The average molecular weight is 288 g/mol. The van der Waals surface area contributed by atoms with Gasteiger partial charge in [0.25, 0.3) is 0 Å². The molecule has 0 atom stereocenters. The molecular formula is C9H22O6P2. The first kappa shape index (κ1) is 17.6. The summed E-state index contributed by atoms with van der Waals surface area (Å²) in [6.45, 7) is 0.466. The van der Waals surface area contributed by atoms with Crippen LogP contribution in [0.15, 0.2) is 0 Å². The van der Waals surface area contributed by atoms with Gasteiger partial charge in [-0.15, -0.1) is 0 Å².